The van der Waals surface area contributed by atoms with Crippen molar-refractivity contribution in [2.45, 2.75) is 5.54 Å². The Balaban J connectivity index is 2.20. The lowest BCUT2D eigenvalue weighted by Gasteiger charge is -2.27. The number of carbonyl (C=O) groups excluding carboxylic acids is 2. The first-order chi connectivity index (χ1) is 10.0. The fraction of sp³-hybridized carbons (Fsp3) is 0.0667. The number of hydrogen-bond donors (Lipinski definition) is 2. The molecule has 0 spiro atoms. The van der Waals surface area contributed by atoms with Crippen LogP contribution in [0.15, 0.2) is 48.5 Å². The first-order valence-electron chi connectivity index (χ1n) is 6.18. The summed E-state index contributed by atoms with van der Waals surface area (Å²) in [5.74, 6) is -0.433. The Morgan fingerprint density at radius 3 is 1.52 bits per heavy atom. The summed E-state index contributed by atoms with van der Waals surface area (Å²) in [6.07, 6.45) is 0. The molecule has 2 N–H and O–H groups in total. The molecular weight excluding hydrogens is 310 g/mol. The van der Waals surface area contributed by atoms with Crippen LogP contribution in [0.25, 0.3) is 0 Å². The predicted molar refractivity (Wildman–Crippen MR) is 80.4 cm³/mol. The standard InChI is InChI=1S/C15H10Cl2N2O2/c16-11-5-1-9(2-6-11)15(13(20)18-14(21)19-15)10-3-7-12(17)8-4-10/h1-8H,(H2,18,19,20,21)/i13-1. The molecule has 3 rings (SSSR count). The van der Waals surface area contributed by atoms with Crippen LogP contribution in [0, 0.1) is 0 Å². The van der Waals surface area contributed by atoms with Crippen molar-refractivity contribution in [1.82, 2.24) is 10.6 Å². The SMILES string of the molecule is O=C1N[11C](=O)C(c2ccc(Cl)cc2)(c2ccc(Cl)cc2)N1. The summed E-state index contributed by atoms with van der Waals surface area (Å²) < 4.78 is 0. The van der Waals surface area contributed by atoms with E-state index in [1.807, 2.05) is 0 Å². The molecule has 0 saturated carbocycles. The highest BCUT2D eigenvalue weighted by Crippen LogP contribution is 2.33. The van der Waals surface area contributed by atoms with Crippen LogP contribution in [-0.2, 0) is 10.3 Å². The van der Waals surface area contributed by atoms with Crippen LogP contribution in [0.3, 0.4) is 0 Å². The highest BCUT2D eigenvalue weighted by atomic mass is 35.5. The van der Waals surface area contributed by atoms with Crippen molar-refractivity contribution in [2.75, 3.05) is 0 Å². The Kier molecular flexibility index (Phi) is 3.35. The normalized spacial score (nSPS) is 16.5. The number of hydrogen-bond acceptors (Lipinski definition) is 2. The molecule has 106 valence electrons. The lowest BCUT2D eigenvalue weighted by Crippen LogP contribution is -2.44. The molecule has 2 aromatic carbocycles. The van der Waals surface area contributed by atoms with Crippen molar-refractivity contribution < 1.29 is 9.59 Å². The Morgan fingerprint density at radius 1 is 0.762 bits per heavy atom. The zero-order valence-corrected chi connectivity index (χ0v) is 12.2. The number of halogens is 2. The largest absolute Gasteiger partial charge is 0.322 e. The second-order valence-electron chi connectivity index (χ2n) is 4.67. The quantitative estimate of drug-likeness (QED) is 0.836. The van der Waals surface area contributed by atoms with Gasteiger partial charge in [0.05, 0.1) is 0 Å². The van der Waals surface area contributed by atoms with Gasteiger partial charge in [0, 0.05) is 10.0 Å². The summed E-state index contributed by atoms with van der Waals surface area (Å²) in [5.41, 5.74) is -0.0261. The summed E-state index contributed by atoms with van der Waals surface area (Å²) in [6.45, 7) is 0. The zero-order valence-electron chi connectivity index (χ0n) is 10.7. The van der Waals surface area contributed by atoms with Gasteiger partial charge in [-0.1, -0.05) is 47.5 Å². The first kappa shape index (κ1) is 13.9. The lowest BCUT2D eigenvalue weighted by molar-refractivity contribution is -0.122. The minimum atomic E-state index is -1.27. The third-order valence-electron chi connectivity index (χ3n) is 3.42. The van der Waals surface area contributed by atoms with E-state index >= 15 is 0 Å². The molecule has 6 heteroatoms. The second-order valence-corrected chi connectivity index (χ2v) is 5.54. The molecule has 1 saturated heterocycles. The number of rotatable bonds is 2. The van der Waals surface area contributed by atoms with Gasteiger partial charge >= 0.3 is 6.03 Å². The Hall–Kier alpha value is -2.04. The maximum Gasteiger partial charge on any atom is 0.322 e. The summed E-state index contributed by atoms with van der Waals surface area (Å²) in [7, 11) is 0. The molecule has 0 bridgehead atoms. The average molecular weight is 320 g/mol. The molecule has 3 amide bonds. The Bertz CT molecular complexity index is 666. The van der Waals surface area contributed by atoms with E-state index in [-0.39, 0.29) is 0 Å². The highest BCUT2D eigenvalue weighted by molar-refractivity contribution is 6.31. The van der Waals surface area contributed by atoms with E-state index in [1.54, 1.807) is 48.5 Å². The van der Waals surface area contributed by atoms with Gasteiger partial charge in [-0.3, -0.25) is 10.1 Å². The van der Waals surface area contributed by atoms with Gasteiger partial charge in [0.15, 0.2) is 5.54 Å². The van der Waals surface area contributed by atoms with Gasteiger partial charge < -0.3 is 5.32 Å². The number of urea groups is 1. The molecule has 1 aliphatic rings. The minimum Gasteiger partial charge on any atom is -0.316 e. The van der Waals surface area contributed by atoms with Gasteiger partial charge in [-0.05, 0) is 35.4 Å². The van der Waals surface area contributed by atoms with E-state index in [1.165, 1.54) is 0 Å². The van der Waals surface area contributed by atoms with Crippen LogP contribution in [0.2, 0.25) is 10.0 Å². The number of carbonyl (C=O) groups is 2. The van der Waals surface area contributed by atoms with Gasteiger partial charge in [-0.2, -0.15) is 0 Å². The van der Waals surface area contributed by atoms with Crippen molar-refractivity contribution in [3.63, 3.8) is 0 Å². The third-order valence-corrected chi connectivity index (χ3v) is 3.93. The van der Waals surface area contributed by atoms with Crippen LogP contribution in [0.5, 0.6) is 0 Å². The summed E-state index contributed by atoms with van der Waals surface area (Å²) in [5, 5.41) is 6.08. The van der Waals surface area contributed by atoms with Crippen LogP contribution >= 0.6 is 23.2 Å². The fourth-order valence-corrected chi connectivity index (χ4v) is 2.68. The zero-order chi connectivity index (χ0) is 15.0. The van der Waals surface area contributed by atoms with Crippen LogP contribution in [-0.4, -0.2) is 11.9 Å². The molecule has 0 atom stereocenters. The summed E-state index contributed by atoms with van der Waals surface area (Å²) in [4.78, 5) is 24.1. The molecule has 0 aliphatic carbocycles. The van der Waals surface area contributed by atoms with E-state index in [2.05, 4.69) is 10.6 Å². The maximum atomic E-state index is 12.4. The van der Waals surface area contributed by atoms with Crippen molar-refractivity contribution in [1.29, 1.82) is 0 Å². The number of nitrogens with one attached hydrogen (secondary N) is 2. The molecule has 0 aromatic heterocycles. The van der Waals surface area contributed by atoms with Crippen molar-refractivity contribution >= 4 is 35.1 Å². The molecule has 1 aliphatic heterocycles. The van der Waals surface area contributed by atoms with E-state index in [9.17, 15) is 9.59 Å². The van der Waals surface area contributed by atoms with Crippen molar-refractivity contribution in [2.24, 2.45) is 0 Å². The van der Waals surface area contributed by atoms with Gasteiger partial charge in [0.25, 0.3) is 5.91 Å². The first-order valence-corrected chi connectivity index (χ1v) is 6.93. The van der Waals surface area contributed by atoms with Gasteiger partial charge in [0.2, 0.25) is 0 Å². The van der Waals surface area contributed by atoms with Crippen LogP contribution in [0.1, 0.15) is 11.1 Å². The van der Waals surface area contributed by atoms with E-state index in [4.69, 9.17) is 23.2 Å². The van der Waals surface area contributed by atoms with Crippen LogP contribution in [0.4, 0.5) is 4.79 Å². The van der Waals surface area contributed by atoms with Gasteiger partial charge in [-0.15, -0.1) is 0 Å². The third kappa shape index (κ3) is 2.26. The molecule has 1 fully saturated rings. The van der Waals surface area contributed by atoms with E-state index < -0.39 is 17.5 Å². The predicted octanol–water partition coefficient (Wildman–Crippen LogP) is 3.08. The lowest BCUT2D eigenvalue weighted by atomic mass is 9.65. The smallest absolute Gasteiger partial charge is 0.316 e. The average Bonchev–Trinajstić information content (AvgIpc) is 2.76. The van der Waals surface area contributed by atoms with E-state index in [0.29, 0.717) is 21.2 Å². The van der Waals surface area contributed by atoms with Gasteiger partial charge in [-0.25, -0.2) is 4.79 Å². The molecule has 21 heavy (non-hydrogen) atoms. The Labute approximate surface area is 131 Å². The monoisotopic (exact) mass is 319 g/mol. The molecule has 2 aromatic rings. The second kappa shape index (κ2) is 5.06. The number of imide groups is 1. The van der Waals surface area contributed by atoms with Gasteiger partial charge in [0.1, 0.15) is 0 Å². The summed E-state index contributed by atoms with van der Waals surface area (Å²) >= 11 is 11.8. The number of amides is 3. The minimum absolute atomic E-state index is 0.433. The topological polar surface area (TPSA) is 58.2 Å². The molecule has 0 radical (unpaired) electrons. The van der Waals surface area contributed by atoms with Crippen molar-refractivity contribution in [3.8, 4) is 0 Å². The molecule has 1 heterocycles. The van der Waals surface area contributed by atoms with Crippen molar-refractivity contribution in [3.05, 3.63) is 69.7 Å². The molecular formula is C15H10Cl2N2O2. The highest BCUT2D eigenvalue weighted by Gasteiger charge is 2.49. The molecule has 4 nitrogen and oxygen atoms in total. The Morgan fingerprint density at radius 2 is 1.19 bits per heavy atom. The maximum absolute atomic E-state index is 12.4. The molecule has 0 unspecified atom stereocenters. The number of benzene rings is 2. The fourth-order valence-electron chi connectivity index (χ4n) is 2.43. The van der Waals surface area contributed by atoms with Crippen LogP contribution < -0.4 is 10.6 Å². The van der Waals surface area contributed by atoms with E-state index in [0.717, 1.165) is 0 Å². The summed E-state index contributed by atoms with van der Waals surface area (Å²) in [6, 6.07) is 13.0.